The highest BCUT2D eigenvalue weighted by Gasteiger charge is 1.90. The van der Waals surface area contributed by atoms with Crippen LogP contribution in [0.4, 0.5) is 4.39 Å². The molecule has 0 aliphatic carbocycles. The molecule has 0 aromatic heterocycles. The van der Waals surface area contributed by atoms with Crippen molar-refractivity contribution in [2.24, 2.45) is 0 Å². The average Bonchev–Trinajstić information content (AvgIpc) is 2.06. The van der Waals surface area contributed by atoms with Crippen molar-refractivity contribution in [1.29, 1.82) is 0 Å². The van der Waals surface area contributed by atoms with Crippen LogP contribution < -0.4 is 0 Å². The second kappa shape index (κ2) is 3.76. The van der Waals surface area contributed by atoms with Crippen LogP contribution in [0, 0.1) is 0 Å². The molecule has 0 atom stereocenters. The summed E-state index contributed by atoms with van der Waals surface area (Å²) in [5, 5.41) is 8.80. The molecule has 1 aromatic rings. The number of benzene rings is 1. The Morgan fingerprint density at radius 1 is 1.36 bits per heavy atom. The minimum atomic E-state index is -0.811. The van der Waals surface area contributed by atoms with E-state index in [0.717, 1.165) is 5.56 Å². The normalized spacial score (nSPS) is 11.5. The summed E-state index contributed by atoms with van der Waals surface area (Å²) in [4.78, 5) is 0. The zero-order chi connectivity index (χ0) is 8.10. The molecular weight excluding hydrogens is 143 g/mol. The second-order valence-electron chi connectivity index (χ2n) is 2.18. The predicted octanol–water partition coefficient (Wildman–Crippen LogP) is 2.56. The van der Waals surface area contributed by atoms with Crippen LogP contribution in [0.2, 0.25) is 0 Å². The number of hydrogen-bond donors (Lipinski definition) is 1. The molecule has 1 aromatic carbocycles. The highest BCUT2D eigenvalue weighted by molar-refractivity contribution is 5.50. The van der Waals surface area contributed by atoms with E-state index >= 15 is 0 Å². The summed E-state index contributed by atoms with van der Waals surface area (Å²) in [6.45, 7) is -0.811. The predicted molar refractivity (Wildman–Crippen MR) is 43.0 cm³/mol. The molecule has 1 rings (SSSR count). The monoisotopic (exact) mass is 152 g/mol. The Labute approximate surface area is 64.8 Å². The molecule has 0 fully saturated rings. The van der Waals surface area contributed by atoms with Gasteiger partial charge < -0.3 is 5.11 Å². The molecule has 2 heteroatoms. The topological polar surface area (TPSA) is 20.2 Å². The summed E-state index contributed by atoms with van der Waals surface area (Å²) in [5.74, 6) is -0.240. The van der Waals surface area contributed by atoms with E-state index in [4.69, 9.17) is 5.11 Å². The van der Waals surface area contributed by atoms with Gasteiger partial charge in [-0.25, -0.2) is 4.39 Å². The third kappa shape index (κ3) is 2.42. The van der Waals surface area contributed by atoms with Gasteiger partial charge in [0.15, 0.2) is 0 Å². The Morgan fingerprint density at radius 3 is 2.55 bits per heavy atom. The van der Waals surface area contributed by atoms with Crippen LogP contribution in [-0.4, -0.2) is 11.8 Å². The molecule has 0 amide bonds. The summed E-state index contributed by atoms with van der Waals surface area (Å²) < 4.78 is 11.8. The Balaban J connectivity index is 2.79. The van der Waals surface area contributed by atoms with Crippen LogP contribution in [0.25, 0.3) is 6.08 Å². The van der Waals surface area contributed by atoms with Crippen molar-refractivity contribution in [3.05, 3.63) is 41.7 Å². The van der Waals surface area contributed by atoms with Crippen LogP contribution in [0.5, 0.6) is 0 Å². The van der Waals surface area contributed by atoms with E-state index in [2.05, 4.69) is 0 Å². The van der Waals surface area contributed by atoms with Gasteiger partial charge in [-0.2, -0.15) is 0 Å². The average molecular weight is 152 g/mol. The SMILES string of the molecule is OC(=Cc1ccccc1)CF. The smallest absolute Gasteiger partial charge is 0.146 e. The van der Waals surface area contributed by atoms with Crippen molar-refractivity contribution in [3.8, 4) is 0 Å². The lowest BCUT2D eigenvalue weighted by atomic mass is 10.2. The van der Waals surface area contributed by atoms with Crippen LogP contribution in [0.1, 0.15) is 5.56 Å². The number of rotatable bonds is 2. The maximum absolute atomic E-state index is 11.8. The molecule has 0 aliphatic rings. The van der Waals surface area contributed by atoms with Crippen molar-refractivity contribution in [2.75, 3.05) is 6.67 Å². The lowest BCUT2D eigenvalue weighted by Crippen LogP contribution is -1.81. The Morgan fingerprint density at radius 2 is 2.00 bits per heavy atom. The lowest BCUT2D eigenvalue weighted by Gasteiger charge is -1.92. The quantitative estimate of drug-likeness (QED) is 0.645. The molecule has 0 aliphatic heterocycles. The molecule has 0 saturated heterocycles. The zero-order valence-corrected chi connectivity index (χ0v) is 6.00. The summed E-state index contributed by atoms with van der Waals surface area (Å²) in [6, 6.07) is 9.12. The van der Waals surface area contributed by atoms with Gasteiger partial charge in [-0.1, -0.05) is 30.3 Å². The number of allylic oxidation sites excluding steroid dienone is 1. The molecule has 0 saturated carbocycles. The molecular formula is C9H9FO. The summed E-state index contributed by atoms with van der Waals surface area (Å²) >= 11 is 0. The first-order chi connectivity index (χ1) is 5.33. The number of alkyl halides is 1. The highest BCUT2D eigenvalue weighted by atomic mass is 19.1. The minimum Gasteiger partial charge on any atom is -0.510 e. The number of halogens is 1. The Hall–Kier alpha value is -1.31. The fourth-order valence-electron chi connectivity index (χ4n) is 0.780. The summed E-state index contributed by atoms with van der Waals surface area (Å²) in [5.41, 5.74) is 0.808. The first kappa shape index (κ1) is 7.79. The summed E-state index contributed by atoms with van der Waals surface area (Å²) in [6.07, 6.45) is 1.40. The van der Waals surface area contributed by atoms with E-state index in [1.54, 1.807) is 12.1 Å². The van der Waals surface area contributed by atoms with Gasteiger partial charge in [-0.15, -0.1) is 0 Å². The van der Waals surface area contributed by atoms with Gasteiger partial charge in [0.05, 0.1) is 0 Å². The fraction of sp³-hybridized carbons (Fsp3) is 0.111. The minimum absolute atomic E-state index is 0.240. The van der Waals surface area contributed by atoms with Crippen molar-refractivity contribution in [3.63, 3.8) is 0 Å². The summed E-state index contributed by atoms with van der Waals surface area (Å²) in [7, 11) is 0. The molecule has 11 heavy (non-hydrogen) atoms. The molecule has 0 radical (unpaired) electrons. The van der Waals surface area contributed by atoms with Gasteiger partial charge in [-0.3, -0.25) is 0 Å². The van der Waals surface area contributed by atoms with E-state index in [1.165, 1.54) is 6.08 Å². The van der Waals surface area contributed by atoms with E-state index in [0.29, 0.717) is 0 Å². The number of aliphatic hydroxyl groups excluding tert-OH is 1. The van der Waals surface area contributed by atoms with Gasteiger partial charge in [0, 0.05) is 0 Å². The third-order valence-corrected chi connectivity index (χ3v) is 1.27. The van der Waals surface area contributed by atoms with Gasteiger partial charge >= 0.3 is 0 Å². The molecule has 0 heterocycles. The van der Waals surface area contributed by atoms with Gasteiger partial charge in [-0.05, 0) is 11.6 Å². The largest absolute Gasteiger partial charge is 0.510 e. The lowest BCUT2D eigenvalue weighted by molar-refractivity contribution is 0.349. The van der Waals surface area contributed by atoms with Crippen LogP contribution in [-0.2, 0) is 0 Å². The van der Waals surface area contributed by atoms with E-state index in [-0.39, 0.29) is 5.76 Å². The highest BCUT2D eigenvalue weighted by Crippen LogP contribution is 2.04. The van der Waals surface area contributed by atoms with Crippen molar-refractivity contribution in [2.45, 2.75) is 0 Å². The van der Waals surface area contributed by atoms with Crippen molar-refractivity contribution < 1.29 is 9.50 Å². The third-order valence-electron chi connectivity index (χ3n) is 1.27. The van der Waals surface area contributed by atoms with Gasteiger partial charge in [0.25, 0.3) is 0 Å². The van der Waals surface area contributed by atoms with Crippen molar-refractivity contribution >= 4 is 6.08 Å². The van der Waals surface area contributed by atoms with Crippen LogP contribution in [0.3, 0.4) is 0 Å². The van der Waals surface area contributed by atoms with Gasteiger partial charge in [0.2, 0.25) is 0 Å². The number of aliphatic hydroxyl groups is 1. The molecule has 1 N–H and O–H groups in total. The van der Waals surface area contributed by atoms with Crippen LogP contribution >= 0.6 is 0 Å². The molecule has 58 valence electrons. The van der Waals surface area contributed by atoms with Gasteiger partial charge in [0.1, 0.15) is 12.4 Å². The van der Waals surface area contributed by atoms with Crippen molar-refractivity contribution in [1.82, 2.24) is 0 Å². The zero-order valence-electron chi connectivity index (χ0n) is 6.00. The first-order valence-corrected chi connectivity index (χ1v) is 3.33. The maximum Gasteiger partial charge on any atom is 0.146 e. The van der Waals surface area contributed by atoms with E-state index in [9.17, 15) is 4.39 Å². The Bertz CT molecular complexity index is 241. The molecule has 0 bridgehead atoms. The molecule has 0 spiro atoms. The molecule has 1 nitrogen and oxygen atoms in total. The van der Waals surface area contributed by atoms with E-state index in [1.807, 2.05) is 18.2 Å². The standard InChI is InChI=1S/C9H9FO/c10-7-9(11)6-8-4-2-1-3-5-8/h1-6,11H,7H2. The Kier molecular flexibility index (Phi) is 2.66. The number of hydrogen-bond acceptors (Lipinski definition) is 1. The fourth-order valence-corrected chi connectivity index (χ4v) is 0.780. The maximum atomic E-state index is 11.8. The second-order valence-corrected chi connectivity index (χ2v) is 2.18. The van der Waals surface area contributed by atoms with E-state index < -0.39 is 6.67 Å². The molecule has 0 unspecified atom stereocenters. The van der Waals surface area contributed by atoms with Crippen LogP contribution in [0.15, 0.2) is 36.1 Å². The first-order valence-electron chi connectivity index (χ1n) is 3.33.